The third-order valence-corrected chi connectivity index (χ3v) is 5.89. The molecule has 0 aliphatic carbocycles. The second kappa shape index (κ2) is 7.46. The molecule has 4 aromatic rings. The van der Waals surface area contributed by atoms with Crippen molar-refractivity contribution in [1.29, 1.82) is 0 Å². The third-order valence-electron chi connectivity index (χ3n) is 5.89. The van der Waals surface area contributed by atoms with Crippen molar-refractivity contribution in [1.82, 2.24) is 19.9 Å². The Kier molecular flexibility index (Phi) is 4.74. The first-order valence-electron chi connectivity index (χ1n) is 10.2. The normalized spacial score (nSPS) is 15.7. The molecule has 1 aliphatic heterocycles. The third kappa shape index (κ3) is 3.57. The van der Waals surface area contributed by atoms with E-state index < -0.39 is 11.7 Å². The number of hydrogen-bond donors (Lipinski definition) is 2. The molecule has 5 nitrogen and oxygen atoms in total. The van der Waals surface area contributed by atoms with E-state index in [0.717, 1.165) is 48.7 Å². The van der Waals surface area contributed by atoms with Crippen LogP contribution >= 0.6 is 0 Å². The lowest BCUT2D eigenvalue weighted by Gasteiger charge is -2.33. The van der Waals surface area contributed by atoms with Gasteiger partial charge in [0, 0.05) is 72.4 Å². The van der Waals surface area contributed by atoms with E-state index in [2.05, 4.69) is 19.9 Å². The summed E-state index contributed by atoms with van der Waals surface area (Å²) in [5.41, 5.74) is 2.11. The molecule has 0 radical (unpaired) electrons. The quantitative estimate of drug-likeness (QED) is 0.486. The fraction of sp³-hybridized carbons (Fsp3) is 0.261. The van der Waals surface area contributed by atoms with Gasteiger partial charge in [0.1, 0.15) is 5.82 Å². The highest BCUT2D eigenvalue weighted by Gasteiger charge is 2.36. The van der Waals surface area contributed by atoms with Gasteiger partial charge in [-0.3, -0.25) is 0 Å². The highest BCUT2D eigenvalue weighted by atomic mass is 19.4. The number of pyridine rings is 1. The van der Waals surface area contributed by atoms with Crippen LogP contribution in [0.15, 0.2) is 55.0 Å². The molecule has 1 fully saturated rings. The molecule has 31 heavy (non-hydrogen) atoms. The number of rotatable bonds is 3. The van der Waals surface area contributed by atoms with E-state index >= 15 is 0 Å². The van der Waals surface area contributed by atoms with E-state index in [4.69, 9.17) is 0 Å². The number of fused-ring (bicyclic) bond motifs is 1. The number of likely N-dealkylation sites (N-methyl/N-ethyl adjacent to an activating group) is 1. The highest BCUT2D eigenvalue weighted by molar-refractivity contribution is 5.99. The van der Waals surface area contributed by atoms with E-state index in [1.807, 2.05) is 42.4 Å². The summed E-state index contributed by atoms with van der Waals surface area (Å²) in [5.74, 6) is 0.571. The number of para-hydroxylation sites is 1. The van der Waals surface area contributed by atoms with Crippen LogP contribution in [0.1, 0.15) is 5.56 Å². The Labute approximate surface area is 177 Å². The molecule has 0 amide bonds. The second-order valence-corrected chi connectivity index (χ2v) is 7.88. The molecule has 1 aliphatic rings. The smallest absolute Gasteiger partial charge is 0.366 e. The molecule has 8 heteroatoms. The number of halogens is 3. The molecular weight excluding hydrogens is 403 g/mol. The van der Waals surface area contributed by atoms with Crippen LogP contribution in [-0.2, 0) is 6.18 Å². The summed E-state index contributed by atoms with van der Waals surface area (Å²) >= 11 is 0. The van der Waals surface area contributed by atoms with Crippen molar-refractivity contribution >= 4 is 16.7 Å². The largest absolute Gasteiger partial charge is 0.418 e. The predicted octanol–water partition coefficient (Wildman–Crippen LogP) is 5.00. The van der Waals surface area contributed by atoms with E-state index in [1.54, 1.807) is 12.4 Å². The minimum Gasteiger partial charge on any atom is -0.366 e. The van der Waals surface area contributed by atoms with Crippen molar-refractivity contribution in [2.45, 2.75) is 6.18 Å². The number of aromatic amines is 2. The minimum atomic E-state index is -4.50. The highest BCUT2D eigenvalue weighted by Crippen LogP contribution is 2.42. The topological polar surface area (TPSA) is 51.0 Å². The van der Waals surface area contributed by atoms with Crippen molar-refractivity contribution in [3.63, 3.8) is 0 Å². The van der Waals surface area contributed by atoms with E-state index in [-0.39, 0.29) is 5.69 Å². The Bertz CT molecular complexity index is 1220. The maximum Gasteiger partial charge on any atom is 0.418 e. The van der Waals surface area contributed by atoms with E-state index in [0.29, 0.717) is 16.9 Å². The van der Waals surface area contributed by atoms with Crippen molar-refractivity contribution < 1.29 is 13.2 Å². The number of anilines is 1. The van der Waals surface area contributed by atoms with Gasteiger partial charge in [-0.05, 0) is 25.2 Å². The molecule has 4 heterocycles. The van der Waals surface area contributed by atoms with Crippen LogP contribution in [0.3, 0.4) is 0 Å². The Morgan fingerprint density at radius 3 is 2.39 bits per heavy atom. The zero-order chi connectivity index (χ0) is 21.6. The van der Waals surface area contributed by atoms with Crippen molar-refractivity contribution in [3.05, 3.63) is 60.6 Å². The molecule has 0 saturated carbocycles. The number of H-pyrrole nitrogens is 2. The molecule has 5 rings (SSSR count). The number of nitrogens with zero attached hydrogens (tertiary/aromatic N) is 3. The molecule has 0 bridgehead atoms. The van der Waals surface area contributed by atoms with Crippen LogP contribution in [0.4, 0.5) is 19.0 Å². The fourth-order valence-electron chi connectivity index (χ4n) is 4.17. The van der Waals surface area contributed by atoms with Crippen LogP contribution in [0.2, 0.25) is 0 Å². The number of piperazine rings is 1. The van der Waals surface area contributed by atoms with Crippen LogP contribution in [0.5, 0.6) is 0 Å². The van der Waals surface area contributed by atoms with E-state index in [1.165, 1.54) is 6.07 Å². The first-order valence-corrected chi connectivity index (χ1v) is 10.2. The lowest BCUT2D eigenvalue weighted by Crippen LogP contribution is -2.44. The Balaban J connectivity index is 1.65. The summed E-state index contributed by atoms with van der Waals surface area (Å²) in [7, 11) is 2.04. The SMILES string of the molecule is CN1CCN(c2ccc(C(F)(F)F)c(-c3c[nH]cc3-c3c[nH]c4ccccc34)n2)CC1. The van der Waals surface area contributed by atoms with Gasteiger partial charge < -0.3 is 19.8 Å². The molecule has 1 saturated heterocycles. The summed E-state index contributed by atoms with van der Waals surface area (Å²) in [6.07, 6.45) is 0.657. The van der Waals surface area contributed by atoms with Gasteiger partial charge in [-0.25, -0.2) is 4.98 Å². The molecule has 1 aromatic carbocycles. The predicted molar refractivity (Wildman–Crippen MR) is 116 cm³/mol. The molecule has 0 atom stereocenters. The van der Waals surface area contributed by atoms with E-state index in [9.17, 15) is 13.2 Å². The number of hydrogen-bond acceptors (Lipinski definition) is 3. The lowest BCUT2D eigenvalue weighted by molar-refractivity contribution is -0.137. The number of alkyl halides is 3. The molecule has 2 N–H and O–H groups in total. The minimum absolute atomic E-state index is 0.0505. The van der Waals surface area contributed by atoms with Gasteiger partial charge in [0.05, 0.1) is 11.3 Å². The standard InChI is InChI=1S/C23H22F3N5/c1-30-8-10-31(11-9-30)21-7-6-19(23(24,25)26)22(29-21)18-13-27-12-16(18)17-14-28-20-5-3-2-4-15(17)20/h2-7,12-14,27-28H,8-11H2,1H3. The maximum atomic E-state index is 13.9. The van der Waals surface area contributed by atoms with Gasteiger partial charge in [-0.1, -0.05) is 18.2 Å². The Hall–Kier alpha value is -3.26. The Morgan fingerprint density at radius 2 is 1.61 bits per heavy atom. The summed E-state index contributed by atoms with van der Waals surface area (Å²) in [4.78, 5) is 15.0. The molecule has 3 aromatic heterocycles. The number of nitrogens with one attached hydrogen (secondary N) is 2. The van der Waals surface area contributed by atoms with Gasteiger partial charge in [0.2, 0.25) is 0 Å². The van der Waals surface area contributed by atoms with Gasteiger partial charge in [0.15, 0.2) is 0 Å². The van der Waals surface area contributed by atoms with Gasteiger partial charge >= 0.3 is 6.18 Å². The summed E-state index contributed by atoms with van der Waals surface area (Å²) < 4.78 is 41.7. The first-order chi connectivity index (χ1) is 14.9. The average molecular weight is 425 g/mol. The summed E-state index contributed by atoms with van der Waals surface area (Å²) in [6.45, 7) is 3.17. The van der Waals surface area contributed by atoms with Crippen LogP contribution in [0.25, 0.3) is 33.3 Å². The maximum absolute atomic E-state index is 13.9. The molecular formula is C23H22F3N5. The van der Waals surface area contributed by atoms with Crippen LogP contribution < -0.4 is 4.90 Å². The monoisotopic (exact) mass is 425 g/mol. The lowest BCUT2D eigenvalue weighted by atomic mass is 9.99. The summed E-state index contributed by atoms with van der Waals surface area (Å²) in [5, 5.41) is 0.951. The van der Waals surface area contributed by atoms with Gasteiger partial charge in [-0.15, -0.1) is 0 Å². The summed E-state index contributed by atoms with van der Waals surface area (Å²) in [6, 6.07) is 10.4. The van der Waals surface area contributed by atoms with Crippen molar-refractivity contribution in [3.8, 4) is 22.4 Å². The van der Waals surface area contributed by atoms with Crippen LogP contribution in [0, 0.1) is 0 Å². The second-order valence-electron chi connectivity index (χ2n) is 7.88. The zero-order valence-corrected chi connectivity index (χ0v) is 17.0. The van der Waals surface area contributed by atoms with Crippen LogP contribution in [-0.4, -0.2) is 53.1 Å². The molecule has 160 valence electrons. The van der Waals surface area contributed by atoms with Crippen molar-refractivity contribution in [2.24, 2.45) is 0 Å². The number of aromatic nitrogens is 3. The molecule has 0 spiro atoms. The number of benzene rings is 1. The molecule has 0 unspecified atom stereocenters. The van der Waals surface area contributed by atoms with Crippen molar-refractivity contribution in [2.75, 3.05) is 38.1 Å². The first kappa shape index (κ1) is 19.7. The Morgan fingerprint density at radius 1 is 0.871 bits per heavy atom. The van der Waals surface area contributed by atoms with Gasteiger partial charge in [-0.2, -0.15) is 13.2 Å². The fourth-order valence-corrected chi connectivity index (χ4v) is 4.17. The van der Waals surface area contributed by atoms with Gasteiger partial charge in [0.25, 0.3) is 0 Å². The zero-order valence-electron chi connectivity index (χ0n) is 17.0. The average Bonchev–Trinajstić information content (AvgIpc) is 3.40.